The molecule has 0 bridgehead atoms. The molecule has 0 saturated carbocycles. The number of carbonyl (C=O) groups is 4. The Morgan fingerprint density at radius 1 is 0.855 bits per heavy atom. The van der Waals surface area contributed by atoms with E-state index in [4.69, 9.17) is 14.2 Å². The lowest BCUT2D eigenvalue weighted by molar-refractivity contribution is -0.165. The first kappa shape index (κ1) is 48.4. The predicted molar refractivity (Wildman–Crippen MR) is 223 cm³/mol. The quantitative estimate of drug-likeness (QED) is 0.0846. The van der Waals surface area contributed by atoms with Gasteiger partial charge in [0.15, 0.2) is 0 Å². The van der Waals surface area contributed by atoms with Gasteiger partial charge in [0.25, 0.3) is 0 Å². The van der Waals surface area contributed by atoms with E-state index in [1.54, 1.807) is 19.2 Å². The van der Waals surface area contributed by atoms with E-state index < -0.39 is 24.3 Å². The maximum atomic E-state index is 13.3. The van der Waals surface area contributed by atoms with Crippen LogP contribution in [0.3, 0.4) is 0 Å². The number of halogens is 2. The predicted octanol–water partition coefficient (Wildman–Crippen LogP) is 8.30. The molecule has 0 aliphatic heterocycles. The van der Waals surface area contributed by atoms with Gasteiger partial charge in [-0.05, 0) is 74.0 Å². The second kappa shape index (κ2) is 24.0. The van der Waals surface area contributed by atoms with Gasteiger partial charge in [-0.3, -0.25) is 14.5 Å². The number of ether oxygens (including phenoxy) is 3. The molecule has 0 spiro atoms. The van der Waals surface area contributed by atoms with Gasteiger partial charge in [0.05, 0.1) is 24.3 Å². The van der Waals surface area contributed by atoms with Crippen molar-refractivity contribution in [3.05, 3.63) is 77.5 Å². The highest BCUT2D eigenvalue weighted by atomic mass is 35.5. The Labute approximate surface area is 338 Å². The van der Waals surface area contributed by atoms with Crippen molar-refractivity contribution in [1.82, 2.24) is 10.3 Å². The molecule has 1 unspecified atom stereocenters. The molecule has 3 N–H and O–H groups in total. The second-order valence-electron chi connectivity index (χ2n) is 13.9. The zero-order valence-electron chi connectivity index (χ0n) is 33.3. The molecule has 3 rings (SSSR count). The van der Waals surface area contributed by atoms with Gasteiger partial charge < -0.3 is 35.1 Å². The number of carbonyl (C=O) groups excluding carboxylic acids is 4. The van der Waals surface area contributed by atoms with Gasteiger partial charge in [0, 0.05) is 44.5 Å². The van der Waals surface area contributed by atoms with E-state index in [9.17, 15) is 19.2 Å². The fraction of sp³-hybridized carbons (Fsp3) is 0.475. The number of hydrogen-bond acceptors (Lipinski definition) is 10. The molecule has 13 nitrogen and oxygen atoms in total. The largest absolute Gasteiger partial charge is 0.460 e. The Balaban J connectivity index is 0.00000756. The van der Waals surface area contributed by atoms with Crippen LogP contribution in [0.5, 0.6) is 0 Å². The molecule has 3 aromatic rings. The van der Waals surface area contributed by atoms with Crippen LogP contribution in [0.1, 0.15) is 77.0 Å². The third kappa shape index (κ3) is 16.0. The number of pyridine rings is 1. The summed E-state index contributed by atoms with van der Waals surface area (Å²) in [5, 5.41) is 8.71. The third-order valence-corrected chi connectivity index (χ3v) is 8.20. The minimum Gasteiger partial charge on any atom is -0.460 e. The van der Waals surface area contributed by atoms with Gasteiger partial charge in [0.2, 0.25) is 6.29 Å². The molecule has 0 aliphatic carbocycles. The molecule has 3 amide bonds. The number of urea groups is 1. The molecular weight excluding hydrogens is 747 g/mol. The normalized spacial score (nSPS) is 11.7. The highest BCUT2D eigenvalue weighted by molar-refractivity contribution is 6.02. The van der Waals surface area contributed by atoms with Crippen LogP contribution in [0, 0.1) is 18.8 Å². The van der Waals surface area contributed by atoms with Gasteiger partial charge in [-0.1, -0.05) is 64.4 Å². The van der Waals surface area contributed by atoms with Crippen molar-refractivity contribution in [2.75, 3.05) is 54.2 Å². The number of amides is 3. The van der Waals surface area contributed by atoms with Crippen LogP contribution in [-0.4, -0.2) is 69.1 Å². The Hall–Kier alpha value is -4.59. The number of likely N-dealkylation sites (N-methyl/N-ethyl adjacent to an activating group) is 1. The van der Waals surface area contributed by atoms with Crippen molar-refractivity contribution in [2.45, 2.75) is 80.1 Å². The molecule has 1 heterocycles. The highest BCUT2D eigenvalue weighted by Crippen LogP contribution is 2.34. The molecule has 1 aromatic heterocycles. The monoisotopic (exact) mass is 804 g/mol. The number of aryl methyl sites for hydroxylation is 1. The van der Waals surface area contributed by atoms with Crippen molar-refractivity contribution in [3.63, 3.8) is 0 Å². The summed E-state index contributed by atoms with van der Waals surface area (Å²) in [5.41, 5.74) is 4.65. The van der Waals surface area contributed by atoms with Gasteiger partial charge in [-0.15, -0.1) is 24.8 Å². The average Bonchev–Trinajstić information content (AvgIpc) is 3.09. The van der Waals surface area contributed by atoms with Crippen molar-refractivity contribution in [2.24, 2.45) is 11.8 Å². The fourth-order valence-corrected chi connectivity index (χ4v) is 5.72. The number of hydrogen-bond donors (Lipinski definition) is 3. The summed E-state index contributed by atoms with van der Waals surface area (Å²) >= 11 is 0. The Bertz CT molecular complexity index is 1670. The Morgan fingerprint density at radius 3 is 2.11 bits per heavy atom. The number of benzene rings is 2. The number of aromatic nitrogens is 1. The summed E-state index contributed by atoms with van der Waals surface area (Å²) in [7, 11) is 3.10. The summed E-state index contributed by atoms with van der Waals surface area (Å²) < 4.78 is 16.2. The van der Waals surface area contributed by atoms with E-state index in [2.05, 4.69) is 53.5 Å². The van der Waals surface area contributed by atoms with E-state index in [1.807, 2.05) is 56.3 Å². The van der Waals surface area contributed by atoms with E-state index in [-0.39, 0.29) is 62.2 Å². The van der Waals surface area contributed by atoms with Gasteiger partial charge in [0.1, 0.15) is 12.4 Å². The van der Waals surface area contributed by atoms with Crippen LogP contribution in [0.4, 0.5) is 32.5 Å². The zero-order valence-corrected chi connectivity index (χ0v) is 35.0. The molecule has 0 aliphatic rings. The van der Waals surface area contributed by atoms with Crippen molar-refractivity contribution >= 4 is 71.8 Å². The van der Waals surface area contributed by atoms with Crippen molar-refractivity contribution < 1.29 is 33.4 Å². The first-order valence-electron chi connectivity index (χ1n) is 18.1. The zero-order chi connectivity index (χ0) is 39.1. The van der Waals surface area contributed by atoms with Crippen LogP contribution >= 0.6 is 24.8 Å². The fourth-order valence-electron chi connectivity index (χ4n) is 5.72. The molecule has 55 heavy (non-hydrogen) atoms. The van der Waals surface area contributed by atoms with Gasteiger partial charge >= 0.3 is 24.1 Å². The Kier molecular flexibility index (Phi) is 21.2. The average molecular weight is 806 g/mol. The van der Waals surface area contributed by atoms with Crippen LogP contribution < -0.4 is 25.8 Å². The molecule has 2 aromatic carbocycles. The van der Waals surface area contributed by atoms with Gasteiger partial charge in [-0.25, -0.2) is 14.6 Å². The molecule has 0 saturated heterocycles. The summed E-state index contributed by atoms with van der Waals surface area (Å²) in [5.74, 6) is -0.240. The number of nitrogens with one attached hydrogen (secondary N) is 3. The first-order valence-corrected chi connectivity index (χ1v) is 18.1. The lowest BCUT2D eigenvalue weighted by atomic mass is 9.92. The molecule has 0 fully saturated rings. The number of nitrogens with zero attached hydrogens (tertiary/aromatic N) is 3. The summed E-state index contributed by atoms with van der Waals surface area (Å²) in [6.07, 6.45) is 0.140. The van der Waals surface area contributed by atoms with E-state index in [0.29, 0.717) is 35.2 Å². The van der Waals surface area contributed by atoms with Crippen molar-refractivity contribution in [3.8, 4) is 0 Å². The van der Waals surface area contributed by atoms with Crippen LogP contribution in [0.2, 0.25) is 0 Å². The molecule has 15 heteroatoms. The highest BCUT2D eigenvalue weighted by Gasteiger charge is 2.25. The molecular formula is C40H58Cl2N6O7. The van der Waals surface area contributed by atoms with E-state index in [1.165, 1.54) is 20.2 Å². The molecule has 0 radical (unpaired) electrons. The molecule has 304 valence electrons. The van der Waals surface area contributed by atoms with E-state index >= 15 is 0 Å². The van der Waals surface area contributed by atoms with Gasteiger partial charge in [-0.2, -0.15) is 0 Å². The van der Waals surface area contributed by atoms with Crippen molar-refractivity contribution in [1.29, 1.82) is 0 Å². The summed E-state index contributed by atoms with van der Waals surface area (Å²) in [6.45, 7) is 15.6. The SMILES string of the molecule is CC[C@@H](CC(=O)OC(C)OC(=O)N(C)c1ncccc1COC(=O)CNC)c1ccc(N(CC(C)C)CC(C)C)c(NC(=O)Nc2ccc(C)cc2)c1.Cl.Cl. The smallest absolute Gasteiger partial charge is 0.418 e. The number of rotatable bonds is 18. The van der Waals surface area contributed by atoms with Crippen LogP contribution in [0.25, 0.3) is 0 Å². The summed E-state index contributed by atoms with van der Waals surface area (Å²) in [4.78, 5) is 59.0. The minimum absolute atomic E-state index is 0. The lowest BCUT2D eigenvalue weighted by Crippen LogP contribution is -2.33. The maximum absolute atomic E-state index is 13.3. The topological polar surface area (TPSA) is 151 Å². The Morgan fingerprint density at radius 2 is 1.51 bits per heavy atom. The number of anilines is 4. The molecule has 2 atom stereocenters. The van der Waals surface area contributed by atoms with E-state index in [0.717, 1.165) is 34.8 Å². The standard InChI is InChI=1S/C40H56N6O7.2ClH/c1-10-30(21-36(47)52-29(7)53-40(50)45(9)38-32(12-11-19-42-38)25-51-37(48)22-41-8)31-15-18-35(46(23-26(2)3)24-27(4)5)34(20-31)44-39(49)43-33-16-13-28(6)14-17-33;;/h11-20,26-27,29-30,41H,10,21-25H2,1-9H3,(H2,43,44,49);2*1H/t29?,30-;;/m0../s1. The first-order chi connectivity index (χ1) is 25.2. The van der Waals surface area contributed by atoms with Crippen LogP contribution in [0.15, 0.2) is 60.8 Å². The minimum atomic E-state index is -1.19. The second-order valence-corrected chi connectivity index (χ2v) is 13.9. The lowest BCUT2D eigenvalue weighted by Gasteiger charge is -2.31. The maximum Gasteiger partial charge on any atom is 0.418 e. The number of esters is 2. The third-order valence-electron chi connectivity index (χ3n) is 8.20. The summed E-state index contributed by atoms with van der Waals surface area (Å²) in [6, 6.07) is 16.5. The van der Waals surface area contributed by atoms with Crippen LogP contribution in [-0.2, 0) is 30.4 Å².